The SMILES string of the molecule is COCCOCCOCCO.OCCOc1ccccc1. The fourth-order valence-electron chi connectivity index (χ4n) is 1.21. The molecule has 0 spiro atoms. The summed E-state index contributed by atoms with van der Waals surface area (Å²) in [4.78, 5) is 0. The summed E-state index contributed by atoms with van der Waals surface area (Å²) in [6, 6.07) is 9.43. The van der Waals surface area contributed by atoms with Crippen molar-refractivity contribution in [3.63, 3.8) is 0 Å². The average molecular weight is 302 g/mol. The molecule has 122 valence electrons. The van der Waals surface area contributed by atoms with Crippen molar-refractivity contribution in [1.29, 1.82) is 0 Å². The Morgan fingerprint density at radius 2 is 1.33 bits per heavy atom. The van der Waals surface area contributed by atoms with Gasteiger partial charge in [-0.1, -0.05) is 18.2 Å². The lowest BCUT2D eigenvalue weighted by Crippen LogP contribution is -2.09. The van der Waals surface area contributed by atoms with Crippen molar-refractivity contribution in [2.45, 2.75) is 0 Å². The van der Waals surface area contributed by atoms with Crippen molar-refractivity contribution >= 4 is 0 Å². The first kappa shape index (κ1) is 19.8. The second-order valence-electron chi connectivity index (χ2n) is 3.83. The third-order valence-corrected chi connectivity index (χ3v) is 2.14. The van der Waals surface area contributed by atoms with Gasteiger partial charge >= 0.3 is 0 Å². The van der Waals surface area contributed by atoms with Gasteiger partial charge in [-0.2, -0.15) is 0 Å². The van der Waals surface area contributed by atoms with Crippen LogP contribution in [0.15, 0.2) is 30.3 Å². The normalized spacial score (nSPS) is 9.86. The number of benzene rings is 1. The molecule has 1 rings (SSSR count). The van der Waals surface area contributed by atoms with Crippen LogP contribution in [-0.4, -0.2) is 70.2 Å². The Morgan fingerprint density at radius 1 is 0.762 bits per heavy atom. The summed E-state index contributed by atoms with van der Waals surface area (Å²) in [6.45, 7) is 3.18. The van der Waals surface area contributed by atoms with Gasteiger partial charge in [-0.05, 0) is 12.1 Å². The van der Waals surface area contributed by atoms with Gasteiger partial charge < -0.3 is 29.2 Å². The second kappa shape index (κ2) is 16.9. The fourth-order valence-corrected chi connectivity index (χ4v) is 1.21. The molecule has 0 saturated carbocycles. The number of methoxy groups -OCH3 is 1. The van der Waals surface area contributed by atoms with Gasteiger partial charge in [-0.15, -0.1) is 0 Å². The van der Waals surface area contributed by atoms with Crippen LogP contribution < -0.4 is 4.74 Å². The predicted octanol–water partition coefficient (Wildman–Crippen LogP) is 0.716. The Morgan fingerprint density at radius 3 is 1.90 bits per heavy atom. The smallest absolute Gasteiger partial charge is 0.119 e. The van der Waals surface area contributed by atoms with Crippen molar-refractivity contribution in [2.75, 3.05) is 60.0 Å². The average Bonchev–Trinajstić information content (AvgIpc) is 2.54. The van der Waals surface area contributed by atoms with E-state index in [0.29, 0.717) is 39.6 Å². The van der Waals surface area contributed by atoms with Crippen molar-refractivity contribution < 1.29 is 29.2 Å². The topological polar surface area (TPSA) is 77.4 Å². The number of ether oxygens (including phenoxy) is 4. The molecule has 0 aliphatic carbocycles. The van der Waals surface area contributed by atoms with Gasteiger partial charge in [0.05, 0.1) is 46.2 Å². The molecule has 21 heavy (non-hydrogen) atoms. The minimum Gasteiger partial charge on any atom is -0.491 e. The summed E-state index contributed by atoms with van der Waals surface area (Å²) in [6.07, 6.45) is 0. The monoisotopic (exact) mass is 302 g/mol. The van der Waals surface area contributed by atoms with Crippen LogP contribution in [0.5, 0.6) is 5.75 Å². The maximum Gasteiger partial charge on any atom is 0.119 e. The molecular weight excluding hydrogens is 276 g/mol. The Kier molecular flexibility index (Phi) is 15.9. The highest BCUT2D eigenvalue weighted by Gasteiger charge is 1.88. The van der Waals surface area contributed by atoms with E-state index in [1.165, 1.54) is 0 Å². The highest BCUT2D eigenvalue weighted by molar-refractivity contribution is 5.20. The molecule has 2 N–H and O–H groups in total. The van der Waals surface area contributed by atoms with Gasteiger partial charge in [0.2, 0.25) is 0 Å². The van der Waals surface area contributed by atoms with Gasteiger partial charge in [0, 0.05) is 7.11 Å². The molecule has 6 nitrogen and oxygen atoms in total. The Balaban J connectivity index is 0.000000382. The Labute approximate surface area is 126 Å². The van der Waals surface area contributed by atoms with Gasteiger partial charge in [0.15, 0.2) is 0 Å². The first-order valence-electron chi connectivity index (χ1n) is 6.89. The first-order chi connectivity index (χ1) is 10.3. The van der Waals surface area contributed by atoms with Crippen LogP contribution in [0, 0.1) is 0 Å². The molecule has 0 heterocycles. The van der Waals surface area contributed by atoms with Crippen LogP contribution in [0.4, 0.5) is 0 Å². The van der Waals surface area contributed by atoms with Crippen LogP contribution in [0.3, 0.4) is 0 Å². The van der Waals surface area contributed by atoms with E-state index in [1.54, 1.807) is 7.11 Å². The summed E-state index contributed by atoms with van der Waals surface area (Å²) in [5, 5.41) is 16.7. The lowest BCUT2D eigenvalue weighted by Gasteiger charge is -2.03. The summed E-state index contributed by atoms with van der Waals surface area (Å²) in [5.41, 5.74) is 0. The van der Waals surface area contributed by atoms with Crippen LogP contribution in [0.1, 0.15) is 0 Å². The van der Waals surface area contributed by atoms with E-state index < -0.39 is 0 Å². The van der Waals surface area contributed by atoms with Crippen LogP contribution in [0.25, 0.3) is 0 Å². The Bertz CT molecular complexity index is 285. The number of aliphatic hydroxyl groups is 2. The van der Waals surface area contributed by atoms with Crippen molar-refractivity contribution in [1.82, 2.24) is 0 Å². The third kappa shape index (κ3) is 15.0. The van der Waals surface area contributed by atoms with Gasteiger partial charge in [0.25, 0.3) is 0 Å². The quantitative estimate of drug-likeness (QED) is 0.586. The molecule has 0 aromatic heterocycles. The maximum atomic E-state index is 8.40. The molecule has 1 aromatic rings. The van der Waals surface area contributed by atoms with Crippen molar-refractivity contribution in [3.8, 4) is 5.75 Å². The highest BCUT2D eigenvalue weighted by atomic mass is 16.5. The van der Waals surface area contributed by atoms with Crippen LogP contribution >= 0.6 is 0 Å². The van der Waals surface area contributed by atoms with Gasteiger partial charge in [-0.25, -0.2) is 0 Å². The molecule has 0 bridgehead atoms. The van der Waals surface area contributed by atoms with E-state index >= 15 is 0 Å². The summed E-state index contributed by atoms with van der Waals surface area (Å²) < 4.78 is 19.9. The number of aliphatic hydroxyl groups excluding tert-OH is 2. The van der Waals surface area contributed by atoms with E-state index in [0.717, 1.165) is 5.75 Å². The number of hydrogen-bond donors (Lipinski definition) is 2. The third-order valence-electron chi connectivity index (χ3n) is 2.14. The molecule has 0 aliphatic rings. The second-order valence-corrected chi connectivity index (χ2v) is 3.83. The summed E-state index contributed by atoms with van der Waals surface area (Å²) in [7, 11) is 1.63. The zero-order valence-electron chi connectivity index (χ0n) is 12.6. The zero-order valence-corrected chi connectivity index (χ0v) is 12.6. The molecule has 0 saturated heterocycles. The van der Waals surface area contributed by atoms with E-state index in [2.05, 4.69) is 0 Å². The van der Waals surface area contributed by atoms with Crippen molar-refractivity contribution in [2.24, 2.45) is 0 Å². The molecule has 0 unspecified atom stereocenters. The zero-order chi connectivity index (χ0) is 15.6. The molecule has 0 atom stereocenters. The van der Waals surface area contributed by atoms with Gasteiger partial charge in [-0.3, -0.25) is 0 Å². The minimum atomic E-state index is 0.0644. The molecule has 0 radical (unpaired) electrons. The molecule has 0 amide bonds. The molecular formula is C15H26O6. The predicted molar refractivity (Wildman–Crippen MR) is 79.6 cm³/mol. The van der Waals surface area contributed by atoms with E-state index in [9.17, 15) is 0 Å². The number of rotatable bonds is 11. The fraction of sp³-hybridized carbons (Fsp3) is 0.600. The molecule has 0 aliphatic heterocycles. The lowest BCUT2D eigenvalue weighted by atomic mass is 10.3. The minimum absolute atomic E-state index is 0.0644. The molecule has 6 heteroatoms. The standard InChI is InChI=1S/C8H10O2.C7H16O4/c9-6-7-10-8-4-2-1-3-5-8;1-9-4-5-11-7-6-10-3-2-8/h1-5,9H,6-7H2;8H,2-7H2,1H3. The number of para-hydroxylation sites is 1. The van der Waals surface area contributed by atoms with Crippen LogP contribution in [0.2, 0.25) is 0 Å². The maximum absolute atomic E-state index is 8.40. The lowest BCUT2D eigenvalue weighted by molar-refractivity contribution is 0.0159. The molecule has 0 fully saturated rings. The van der Waals surface area contributed by atoms with E-state index in [4.69, 9.17) is 29.2 Å². The van der Waals surface area contributed by atoms with E-state index in [1.807, 2.05) is 30.3 Å². The van der Waals surface area contributed by atoms with Crippen LogP contribution in [-0.2, 0) is 14.2 Å². The number of hydrogen-bond acceptors (Lipinski definition) is 6. The van der Waals surface area contributed by atoms with Crippen molar-refractivity contribution in [3.05, 3.63) is 30.3 Å². The van der Waals surface area contributed by atoms with E-state index in [-0.39, 0.29) is 13.2 Å². The first-order valence-corrected chi connectivity index (χ1v) is 6.89. The highest BCUT2D eigenvalue weighted by Crippen LogP contribution is 2.07. The summed E-state index contributed by atoms with van der Waals surface area (Å²) >= 11 is 0. The van der Waals surface area contributed by atoms with Gasteiger partial charge in [0.1, 0.15) is 12.4 Å². The Hall–Kier alpha value is -1.18. The largest absolute Gasteiger partial charge is 0.491 e. The summed E-state index contributed by atoms with van der Waals surface area (Å²) in [5.74, 6) is 0.802. The molecule has 1 aromatic carbocycles.